The Balaban J connectivity index is 2.08. The molecule has 1 aromatic rings. The van der Waals surface area contributed by atoms with Gasteiger partial charge >= 0.3 is 5.97 Å². The van der Waals surface area contributed by atoms with Gasteiger partial charge < -0.3 is 9.47 Å². The molecule has 1 aromatic carbocycles. The van der Waals surface area contributed by atoms with Crippen LogP contribution < -0.4 is 4.74 Å². The Hall–Kier alpha value is -1.51. The van der Waals surface area contributed by atoms with Gasteiger partial charge in [0.25, 0.3) is 0 Å². The van der Waals surface area contributed by atoms with Crippen molar-refractivity contribution in [2.24, 2.45) is 0 Å². The Morgan fingerprint density at radius 2 is 2.06 bits per heavy atom. The lowest BCUT2D eigenvalue weighted by molar-refractivity contribution is -0.147. The molecule has 1 aliphatic rings. The topological polar surface area (TPSA) is 35.5 Å². The molecule has 0 saturated carbocycles. The van der Waals surface area contributed by atoms with Gasteiger partial charge in [0.1, 0.15) is 5.75 Å². The zero-order chi connectivity index (χ0) is 11.5. The summed E-state index contributed by atoms with van der Waals surface area (Å²) in [6.07, 6.45) is 2.93. The number of aryl methyl sites for hydroxylation is 2. The number of rotatable bonds is 3. The fraction of sp³-hybridized carbons (Fsp3) is 0.462. The molecule has 0 bridgehead atoms. The van der Waals surface area contributed by atoms with Gasteiger partial charge in [-0.3, -0.25) is 0 Å². The number of fused-ring (bicyclic) bond motifs is 1. The van der Waals surface area contributed by atoms with Gasteiger partial charge in [-0.15, -0.1) is 0 Å². The van der Waals surface area contributed by atoms with Crippen molar-refractivity contribution in [3.8, 4) is 5.75 Å². The number of esters is 1. The standard InChI is InChI=1S/C13H16O3/c1-9(13(14)15-2)16-12-7-6-10-4-3-5-11(10)8-12/h6-9H,3-5H2,1-2H3/t9-/m0/s1. The number of carbonyl (C=O) groups is 1. The minimum absolute atomic E-state index is 0.347. The molecule has 0 spiro atoms. The number of benzene rings is 1. The largest absolute Gasteiger partial charge is 0.479 e. The van der Waals surface area contributed by atoms with E-state index in [1.807, 2.05) is 12.1 Å². The van der Waals surface area contributed by atoms with E-state index in [4.69, 9.17) is 4.74 Å². The van der Waals surface area contributed by atoms with Crippen LogP contribution in [0.15, 0.2) is 18.2 Å². The van der Waals surface area contributed by atoms with Gasteiger partial charge in [-0.1, -0.05) is 6.07 Å². The Morgan fingerprint density at radius 1 is 1.31 bits per heavy atom. The van der Waals surface area contributed by atoms with Crippen molar-refractivity contribution >= 4 is 5.97 Å². The lowest BCUT2D eigenvalue weighted by atomic mass is 10.1. The first-order valence-corrected chi connectivity index (χ1v) is 5.57. The summed E-state index contributed by atoms with van der Waals surface area (Å²) in [6, 6.07) is 6.03. The quantitative estimate of drug-likeness (QED) is 0.732. The van der Waals surface area contributed by atoms with Gasteiger partial charge in [0, 0.05) is 0 Å². The third-order valence-electron chi connectivity index (χ3n) is 2.92. The maximum absolute atomic E-state index is 11.2. The maximum Gasteiger partial charge on any atom is 0.346 e. The normalized spacial score (nSPS) is 15.4. The molecule has 16 heavy (non-hydrogen) atoms. The highest BCUT2D eigenvalue weighted by molar-refractivity contribution is 5.74. The molecule has 3 nitrogen and oxygen atoms in total. The van der Waals surface area contributed by atoms with Gasteiger partial charge in [-0.25, -0.2) is 4.79 Å². The number of hydrogen-bond donors (Lipinski definition) is 0. The third kappa shape index (κ3) is 2.18. The fourth-order valence-corrected chi connectivity index (χ4v) is 2.04. The summed E-state index contributed by atoms with van der Waals surface area (Å²) < 4.78 is 10.1. The highest BCUT2D eigenvalue weighted by atomic mass is 16.6. The second-order valence-electron chi connectivity index (χ2n) is 4.07. The average molecular weight is 220 g/mol. The number of ether oxygens (including phenoxy) is 2. The molecule has 0 N–H and O–H groups in total. The van der Waals surface area contributed by atoms with Crippen LogP contribution >= 0.6 is 0 Å². The second kappa shape index (κ2) is 4.56. The minimum atomic E-state index is -0.551. The van der Waals surface area contributed by atoms with E-state index in [1.54, 1.807) is 6.92 Å². The van der Waals surface area contributed by atoms with E-state index in [1.165, 1.54) is 24.7 Å². The highest BCUT2D eigenvalue weighted by Crippen LogP contribution is 2.26. The van der Waals surface area contributed by atoms with Crippen molar-refractivity contribution in [3.63, 3.8) is 0 Å². The molecule has 0 saturated heterocycles. The van der Waals surface area contributed by atoms with Crippen molar-refractivity contribution in [3.05, 3.63) is 29.3 Å². The van der Waals surface area contributed by atoms with Crippen LogP contribution in [0.2, 0.25) is 0 Å². The summed E-state index contributed by atoms with van der Waals surface area (Å²) in [5.41, 5.74) is 2.74. The van der Waals surface area contributed by atoms with Crippen LogP contribution in [0.3, 0.4) is 0 Å². The molecule has 0 fully saturated rings. The van der Waals surface area contributed by atoms with Gasteiger partial charge in [0.15, 0.2) is 6.10 Å². The Bertz CT molecular complexity index is 398. The number of hydrogen-bond acceptors (Lipinski definition) is 3. The summed E-state index contributed by atoms with van der Waals surface area (Å²) in [7, 11) is 1.37. The van der Waals surface area contributed by atoms with Crippen LogP contribution in [0.25, 0.3) is 0 Å². The zero-order valence-corrected chi connectivity index (χ0v) is 9.66. The van der Waals surface area contributed by atoms with Gasteiger partial charge in [-0.05, 0) is 49.4 Å². The van der Waals surface area contributed by atoms with E-state index >= 15 is 0 Å². The Kier molecular flexibility index (Phi) is 3.13. The molecule has 0 radical (unpaired) electrons. The molecule has 0 aromatic heterocycles. The molecule has 0 heterocycles. The van der Waals surface area contributed by atoms with Crippen LogP contribution in [0, 0.1) is 0 Å². The van der Waals surface area contributed by atoms with Crippen molar-refractivity contribution < 1.29 is 14.3 Å². The van der Waals surface area contributed by atoms with E-state index in [9.17, 15) is 4.79 Å². The summed E-state index contributed by atoms with van der Waals surface area (Å²) in [6.45, 7) is 1.69. The molecular weight excluding hydrogens is 204 g/mol. The van der Waals surface area contributed by atoms with Gasteiger partial charge in [-0.2, -0.15) is 0 Å². The SMILES string of the molecule is COC(=O)[C@H](C)Oc1ccc2c(c1)CCC2. The lowest BCUT2D eigenvalue weighted by Gasteiger charge is -2.13. The Morgan fingerprint density at radius 3 is 2.81 bits per heavy atom. The van der Waals surface area contributed by atoms with Crippen LogP contribution in [0.5, 0.6) is 5.75 Å². The first kappa shape index (κ1) is 11.0. The smallest absolute Gasteiger partial charge is 0.346 e. The summed E-state index contributed by atoms with van der Waals surface area (Å²) in [5.74, 6) is 0.402. The minimum Gasteiger partial charge on any atom is -0.479 e. The molecule has 1 atom stereocenters. The van der Waals surface area contributed by atoms with E-state index in [0.29, 0.717) is 0 Å². The molecule has 2 rings (SSSR count). The van der Waals surface area contributed by atoms with E-state index in [0.717, 1.165) is 18.6 Å². The Labute approximate surface area is 95.4 Å². The summed E-state index contributed by atoms with van der Waals surface area (Å²) in [4.78, 5) is 11.2. The molecule has 3 heteroatoms. The van der Waals surface area contributed by atoms with Crippen LogP contribution in [0.4, 0.5) is 0 Å². The van der Waals surface area contributed by atoms with Crippen LogP contribution in [-0.4, -0.2) is 19.2 Å². The van der Waals surface area contributed by atoms with Crippen LogP contribution in [-0.2, 0) is 22.4 Å². The number of methoxy groups -OCH3 is 1. The first-order valence-electron chi connectivity index (χ1n) is 5.57. The number of carbonyl (C=O) groups excluding carboxylic acids is 1. The summed E-state index contributed by atoms with van der Waals surface area (Å²) in [5, 5.41) is 0. The first-order chi connectivity index (χ1) is 7.70. The molecule has 1 aliphatic carbocycles. The predicted octanol–water partition coefficient (Wildman–Crippen LogP) is 2.12. The van der Waals surface area contributed by atoms with Crippen molar-refractivity contribution in [2.45, 2.75) is 32.3 Å². The van der Waals surface area contributed by atoms with E-state index in [2.05, 4.69) is 10.8 Å². The highest BCUT2D eigenvalue weighted by Gasteiger charge is 2.16. The molecular formula is C13H16O3. The average Bonchev–Trinajstić information content (AvgIpc) is 2.75. The monoisotopic (exact) mass is 220 g/mol. The fourth-order valence-electron chi connectivity index (χ4n) is 2.04. The van der Waals surface area contributed by atoms with Crippen molar-refractivity contribution in [1.29, 1.82) is 0 Å². The molecule has 0 aliphatic heterocycles. The van der Waals surface area contributed by atoms with E-state index in [-0.39, 0.29) is 5.97 Å². The van der Waals surface area contributed by atoms with Crippen molar-refractivity contribution in [2.75, 3.05) is 7.11 Å². The van der Waals surface area contributed by atoms with E-state index < -0.39 is 6.10 Å². The summed E-state index contributed by atoms with van der Waals surface area (Å²) >= 11 is 0. The lowest BCUT2D eigenvalue weighted by Crippen LogP contribution is -2.24. The predicted molar refractivity (Wildman–Crippen MR) is 60.6 cm³/mol. The third-order valence-corrected chi connectivity index (χ3v) is 2.92. The second-order valence-corrected chi connectivity index (χ2v) is 4.07. The maximum atomic E-state index is 11.2. The van der Waals surface area contributed by atoms with Crippen molar-refractivity contribution in [1.82, 2.24) is 0 Å². The van der Waals surface area contributed by atoms with Gasteiger partial charge in [0.2, 0.25) is 0 Å². The zero-order valence-electron chi connectivity index (χ0n) is 9.66. The molecule has 0 amide bonds. The molecule has 86 valence electrons. The van der Waals surface area contributed by atoms with Crippen LogP contribution in [0.1, 0.15) is 24.5 Å². The van der Waals surface area contributed by atoms with Gasteiger partial charge in [0.05, 0.1) is 7.11 Å². The molecule has 0 unspecified atom stereocenters.